The van der Waals surface area contributed by atoms with Crippen LogP contribution >= 0.6 is 12.4 Å². The van der Waals surface area contributed by atoms with Crippen molar-refractivity contribution in [2.75, 3.05) is 13.1 Å². The maximum atomic E-state index is 13.4. The fourth-order valence-electron chi connectivity index (χ4n) is 4.55. The van der Waals surface area contributed by atoms with Crippen molar-refractivity contribution in [3.05, 3.63) is 48.2 Å². The van der Waals surface area contributed by atoms with Gasteiger partial charge in [-0.1, -0.05) is 0 Å². The number of halogens is 4. The summed E-state index contributed by atoms with van der Waals surface area (Å²) in [6.07, 6.45) is -1.19. The van der Waals surface area contributed by atoms with Crippen LogP contribution in [0.1, 0.15) is 23.2 Å². The highest BCUT2D eigenvalue weighted by molar-refractivity contribution is 5.98. The Balaban J connectivity index is 0.00000274. The molecular weight excluding hydrogens is 469 g/mol. The van der Waals surface area contributed by atoms with Gasteiger partial charge in [-0.15, -0.1) is 12.4 Å². The van der Waals surface area contributed by atoms with E-state index in [0.717, 1.165) is 17.4 Å². The number of benzene rings is 1. The van der Waals surface area contributed by atoms with Crippen LogP contribution in [0.15, 0.2) is 42.6 Å². The SMILES string of the molecule is Cl.Cn1c(-c2cc3cccnc3n2CC(F)(F)F)nc2cc(C(=O)N3CCC[C@@H](N)C3)ccc21. The van der Waals surface area contributed by atoms with Crippen molar-refractivity contribution in [2.45, 2.75) is 31.6 Å². The third-order valence-electron chi connectivity index (χ3n) is 6.09. The van der Waals surface area contributed by atoms with Gasteiger partial charge >= 0.3 is 6.18 Å². The Morgan fingerprint density at radius 3 is 2.76 bits per heavy atom. The molecule has 1 fully saturated rings. The second kappa shape index (κ2) is 8.92. The lowest BCUT2D eigenvalue weighted by molar-refractivity contribution is -0.139. The Hall–Kier alpha value is -3.11. The average Bonchev–Trinajstić information content (AvgIpc) is 3.29. The monoisotopic (exact) mass is 492 g/mol. The minimum atomic E-state index is -4.42. The summed E-state index contributed by atoms with van der Waals surface area (Å²) in [4.78, 5) is 23.5. The molecule has 0 bridgehead atoms. The zero-order valence-corrected chi connectivity index (χ0v) is 19.2. The number of nitrogens with zero attached hydrogens (tertiary/aromatic N) is 5. The summed E-state index contributed by atoms with van der Waals surface area (Å²) in [7, 11) is 1.75. The molecule has 0 radical (unpaired) electrons. The molecule has 1 aromatic carbocycles. The quantitative estimate of drug-likeness (QED) is 0.466. The van der Waals surface area contributed by atoms with Crippen LogP contribution in [-0.4, -0.2) is 55.2 Å². The molecule has 1 atom stereocenters. The first-order valence-corrected chi connectivity index (χ1v) is 10.7. The van der Waals surface area contributed by atoms with Gasteiger partial charge in [0.15, 0.2) is 5.82 Å². The van der Waals surface area contributed by atoms with E-state index in [-0.39, 0.29) is 30.0 Å². The zero-order chi connectivity index (χ0) is 23.3. The van der Waals surface area contributed by atoms with Gasteiger partial charge in [-0.3, -0.25) is 4.79 Å². The molecule has 1 saturated heterocycles. The average molecular weight is 493 g/mol. The largest absolute Gasteiger partial charge is 0.406 e. The maximum absolute atomic E-state index is 13.4. The number of piperidine rings is 1. The number of rotatable bonds is 3. The molecule has 4 heterocycles. The molecular formula is C23H24ClF3N6O. The fraction of sp³-hybridized carbons (Fsp3) is 0.348. The van der Waals surface area contributed by atoms with Gasteiger partial charge in [0.2, 0.25) is 0 Å². The first-order chi connectivity index (χ1) is 15.7. The molecule has 34 heavy (non-hydrogen) atoms. The first-order valence-electron chi connectivity index (χ1n) is 10.7. The van der Waals surface area contributed by atoms with Crippen LogP contribution in [-0.2, 0) is 13.6 Å². The van der Waals surface area contributed by atoms with Crippen LogP contribution in [0.4, 0.5) is 13.2 Å². The molecule has 0 spiro atoms. The summed E-state index contributed by atoms with van der Waals surface area (Å²) < 4.78 is 43.0. The van der Waals surface area contributed by atoms with Gasteiger partial charge in [0, 0.05) is 43.3 Å². The van der Waals surface area contributed by atoms with Crippen LogP contribution in [0.2, 0.25) is 0 Å². The number of amides is 1. The number of aryl methyl sites for hydroxylation is 1. The van der Waals surface area contributed by atoms with E-state index in [1.165, 1.54) is 6.20 Å². The number of likely N-dealkylation sites (tertiary alicyclic amines) is 1. The van der Waals surface area contributed by atoms with E-state index in [1.807, 2.05) is 0 Å². The molecule has 2 N–H and O–H groups in total. The first kappa shape index (κ1) is 24.0. The van der Waals surface area contributed by atoms with Gasteiger partial charge in [-0.05, 0) is 49.2 Å². The minimum absolute atomic E-state index is 0. The molecule has 0 aliphatic carbocycles. The van der Waals surface area contributed by atoms with Crippen molar-refractivity contribution in [3.8, 4) is 11.5 Å². The summed E-state index contributed by atoms with van der Waals surface area (Å²) in [6.45, 7) is -0.0114. The summed E-state index contributed by atoms with van der Waals surface area (Å²) >= 11 is 0. The lowest BCUT2D eigenvalue weighted by atomic mass is 10.1. The van der Waals surface area contributed by atoms with Crippen LogP contribution in [0.5, 0.6) is 0 Å². The Morgan fingerprint density at radius 1 is 1.24 bits per heavy atom. The number of nitrogens with two attached hydrogens (primary N) is 1. The highest BCUT2D eigenvalue weighted by Crippen LogP contribution is 2.32. The Kier molecular flexibility index (Phi) is 6.30. The van der Waals surface area contributed by atoms with E-state index in [0.29, 0.717) is 46.6 Å². The lowest BCUT2D eigenvalue weighted by Crippen LogP contribution is -2.45. The van der Waals surface area contributed by atoms with E-state index in [2.05, 4.69) is 9.97 Å². The second-order valence-corrected chi connectivity index (χ2v) is 8.50. The van der Waals surface area contributed by atoms with E-state index < -0.39 is 12.7 Å². The van der Waals surface area contributed by atoms with Crippen LogP contribution in [0, 0.1) is 0 Å². The topological polar surface area (TPSA) is 82.0 Å². The van der Waals surface area contributed by atoms with E-state index in [4.69, 9.17) is 5.73 Å². The number of alkyl halides is 3. The zero-order valence-electron chi connectivity index (χ0n) is 18.4. The number of hydrogen-bond donors (Lipinski definition) is 1. The number of fused-ring (bicyclic) bond motifs is 2. The van der Waals surface area contributed by atoms with Crippen molar-refractivity contribution in [3.63, 3.8) is 0 Å². The molecule has 0 unspecified atom stereocenters. The van der Waals surface area contributed by atoms with E-state index >= 15 is 0 Å². The van der Waals surface area contributed by atoms with Gasteiger partial charge in [0.25, 0.3) is 5.91 Å². The molecule has 1 aliphatic heterocycles. The van der Waals surface area contributed by atoms with Crippen molar-refractivity contribution in [2.24, 2.45) is 12.8 Å². The van der Waals surface area contributed by atoms with Gasteiger partial charge in [-0.25, -0.2) is 9.97 Å². The van der Waals surface area contributed by atoms with Crippen molar-refractivity contribution in [1.29, 1.82) is 0 Å². The van der Waals surface area contributed by atoms with Crippen LogP contribution < -0.4 is 5.73 Å². The summed E-state index contributed by atoms with van der Waals surface area (Å²) in [5.41, 5.74) is 8.31. The Bertz CT molecular complexity index is 1360. The smallest absolute Gasteiger partial charge is 0.337 e. The second-order valence-electron chi connectivity index (χ2n) is 8.50. The number of aromatic nitrogens is 4. The van der Waals surface area contributed by atoms with Crippen LogP contribution in [0.25, 0.3) is 33.6 Å². The highest BCUT2D eigenvalue weighted by atomic mass is 35.5. The predicted molar refractivity (Wildman–Crippen MR) is 126 cm³/mol. The van der Waals surface area contributed by atoms with Crippen LogP contribution in [0.3, 0.4) is 0 Å². The number of pyridine rings is 1. The Morgan fingerprint density at radius 2 is 2.03 bits per heavy atom. The maximum Gasteiger partial charge on any atom is 0.406 e. The molecule has 1 aliphatic rings. The predicted octanol–water partition coefficient (Wildman–Crippen LogP) is 4.14. The van der Waals surface area contributed by atoms with Gasteiger partial charge in [-0.2, -0.15) is 13.2 Å². The highest BCUT2D eigenvalue weighted by Gasteiger charge is 2.31. The molecule has 7 nitrogen and oxygen atoms in total. The third kappa shape index (κ3) is 4.35. The summed E-state index contributed by atoms with van der Waals surface area (Å²) in [5, 5.41) is 0.598. The fourth-order valence-corrected chi connectivity index (χ4v) is 4.55. The van der Waals surface area contributed by atoms with Crippen molar-refractivity contribution in [1.82, 2.24) is 24.0 Å². The minimum Gasteiger partial charge on any atom is -0.337 e. The standard InChI is InChI=1S/C23H23F3N6O.ClH/c1-30-18-7-6-15(22(33)31-9-3-5-16(27)12-31)10-17(18)29-21(30)19-11-14-4-2-8-28-20(14)32(19)13-23(24,25)26;/h2,4,6-8,10-11,16H,3,5,9,12-13,27H2,1H3;1H/t16-;/m1./s1. The number of carbonyl (C=O) groups is 1. The number of hydrogen-bond acceptors (Lipinski definition) is 4. The van der Waals surface area contributed by atoms with Crippen molar-refractivity contribution < 1.29 is 18.0 Å². The molecule has 180 valence electrons. The third-order valence-corrected chi connectivity index (χ3v) is 6.09. The molecule has 11 heteroatoms. The molecule has 1 amide bonds. The lowest BCUT2D eigenvalue weighted by Gasteiger charge is -2.30. The molecule has 4 aromatic rings. The van der Waals surface area contributed by atoms with Crippen molar-refractivity contribution >= 4 is 40.4 Å². The summed E-state index contributed by atoms with van der Waals surface area (Å²) in [5.74, 6) is 0.256. The molecule has 0 saturated carbocycles. The van der Waals surface area contributed by atoms with Gasteiger partial charge < -0.3 is 19.8 Å². The normalized spacial score (nSPS) is 16.7. The number of imidazole rings is 1. The van der Waals surface area contributed by atoms with Gasteiger partial charge in [0.05, 0.1) is 16.7 Å². The van der Waals surface area contributed by atoms with E-state index in [1.54, 1.807) is 52.9 Å². The van der Waals surface area contributed by atoms with E-state index in [9.17, 15) is 18.0 Å². The molecule has 3 aromatic heterocycles. The van der Waals surface area contributed by atoms with Gasteiger partial charge in [0.1, 0.15) is 12.2 Å². The summed E-state index contributed by atoms with van der Waals surface area (Å²) in [6, 6.07) is 10.2. The number of carbonyl (C=O) groups excluding carboxylic acids is 1. The Labute approximate surface area is 199 Å². The molecule has 5 rings (SSSR count).